The standard InChI is InChI=1S/C14H23BrN2/c1-11(2)9-16-6-7-17-10-13-5-4-12(3)14(15)8-13/h4-5,8,11,16-17H,6-7,9-10H2,1-3H3. The summed E-state index contributed by atoms with van der Waals surface area (Å²) < 4.78 is 1.19. The van der Waals surface area contributed by atoms with Crippen LogP contribution in [0.4, 0.5) is 0 Å². The molecule has 0 spiro atoms. The van der Waals surface area contributed by atoms with Crippen molar-refractivity contribution in [3.63, 3.8) is 0 Å². The highest BCUT2D eigenvalue weighted by Gasteiger charge is 1.97. The molecule has 0 aliphatic heterocycles. The second kappa shape index (κ2) is 7.85. The average Bonchev–Trinajstić information content (AvgIpc) is 2.27. The maximum Gasteiger partial charge on any atom is 0.0207 e. The fourth-order valence-electron chi connectivity index (χ4n) is 1.55. The van der Waals surface area contributed by atoms with Crippen molar-refractivity contribution in [2.75, 3.05) is 19.6 Å². The molecule has 2 N–H and O–H groups in total. The highest BCUT2D eigenvalue weighted by Crippen LogP contribution is 2.17. The molecule has 17 heavy (non-hydrogen) atoms. The first-order valence-corrected chi connectivity index (χ1v) is 7.05. The first-order valence-electron chi connectivity index (χ1n) is 6.26. The van der Waals surface area contributed by atoms with Gasteiger partial charge in [-0.2, -0.15) is 0 Å². The fourth-order valence-corrected chi connectivity index (χ4v) is 1.97. The Bertz CT molecular complexity index is 337. The topological polar surface area (TPSA) is 24.1 Å². The van der Waals surface area contributed by atoms with Crippen molar-refractivity contribution in [3.05, 3.63) is 33.8 Å². The third-order valence-corrected chi connectivity index (χ3v) is 3.45. The fraction of sp³-hybridized carbons (Fsp3) is 0.571. The molecule has 1 aromatic rings. The molecule has 0 radical (unpaired) electrons. The van der Waals surface area contributed by atoms with Crippen LogP contribution < -0.4 is 10.6 Å². The molecule has 0 saturated heterocycles. The van der Waals surface area contributed by atoms with Gasteiger partial charge in [0, 0.05) is 24.1 Å². The quantitative estimate of drug-likeness (QED) is 0.756. The second-order valence-corrected chi connectivity index (χ2v) is 5.71. The second-order valence-electron chi connectivity index (χ2n) is 4.86. The van der Waals surface area contributed by atoms with Crippen LogP contribution in [0.5, 0.6) is 0 Å². The van der Waals surface area contributed by atoms with Crippen LogP contribution >= 0.6 is 15.9 Å². The van der Waals surface area contributed by atoms with Crippen LogP contribution in [0, 0.1) is 12.8 Å². The minimum Gasteiger partial charge on any atom is -0.315 e. The Hall–Kier alpha value is -0.380. The van der Waals surface area contributed by atoms with Crippen molar-refractivity contribution in [1.82, 2.24) is 10.6 Å². The van der Waals surface area contributed by atoms with Gasteiger partial charge in [0.15, 0.2) is 0 Å². The Morgan fingerprint density at radius 2 is 1.88 bits per heavy atom. The van der Waals surface area contributed by atoms with Gasteiger partial charge >= 0.3 is 0 Å². The van der Waals surface area contributed by atoms with E-state index >= 15 is 0 Å². The first kappa shape index (κ1) is 14.7. The van der Waals surface area contributed by atoms with E-state index in [1.54, 1.807) is 0 Å². The molecule has 1 rings (SSSR count). The van der Waals surface area contributed by atoms with Gasteiger partial charge in [-0.1, -0.05) is 41.9 Å². The van der Waals surface area contributed by atoms with Crippen molar-refractivity contribution in [2.45, 2.75) is 27.3 Å². The van der Waals surface area contributed by atoms with Gasteiger partial charge in [0.05, 0.1) is 0 Å². The van der Waals surface area contributed by atoms with E-state index in [1.807, 2.05) is 0 Å². The summed E-state index contributed by atoms with van der Waals surface area (Å²) >= 11 is 3.56. The summed E-state index contributed by atoms with van der Waals surface area (Å²) in [4.78, 5) is 0. The van der Waals surface area contributed by atoms with Gasteiger partial charge in [0.1, 0.15) is 0 Å². The molecule has 0 unspecified atom stereocenters. The van der Waals surface area contributed by atoms with E-state index < -0.39 is 0 Å². The summed E-state index contributed by atoms with van der Waals surface area (Å²) in [5.41, 5.74) is 2.61. The van der Waals surface area contributed by atoms with Gasteiger partial charge in [0.25, 0.3) is 0 Å². The summed E-state index contributed by atoms with van der Waals surface area (Å²) in [7, 11) is 0. The van der Waals surface area contributed by atoms with Gasteiger partial charge in [-0.25, -0.2) is 0 Å². The number of aryl methyl sites for hydroxylation is 1. The zero-order valence-corrected chi connectivity index (χ0v) is 12.6. The minimum absolute atomic E-state index is 0.725. The Labute approximate surface area is 113 Å². The van der Waals surface area contributed by atoms with Gasteiger partial charge < -0.3 is 10.6 Å². The van der Waals surface area contributed by atoms with Crippen molar-refractivity contribution >= 4 is 15.9 Å². The summed E-state index contributed by atoms with van der Waals surface area (Å²) in [6.07, 6.45) is 0. The number of rotatable bonds is 7. The molecule has 0 atom stereocenters. The van der Waals surface area contributed by atoms with Gasteiger partial charge in [0.2, 0.25) is 0 Å². The minimum atomic E-state index is 0.725. The van der Waals surface area contributed by atoms with E-state index in [0.29, 0.717) is 0 Å². The number of halogens is 1. The van der Waals surface area contributed by atoms with Crippen LogP contribution in [0.3, 0.4) is 0 Å². The molecular formula is C14H23BrN2. The molecule has 0 aromatic heterocycles. The van der Waals surface area contributed by atoms with Crippen LogP contribution in [0.25, 0.3) is 0 Å². The van der Waals surface area contributed by atoms with Gasteiger partial charge in [-0.05, 0) is 36.6 Å². The lowest BCUT2D eigenvalue weighted by atomic mass is 10.1. The normalized spacial score (nSPS) is 11.1. The number of nitrogens with one attached hydrogen (secondary N) is 2. The van der Waals surface area contributed by atoms with Crippen molar-refractivity contribution in [3.8, 4) is 0 Å². The molecule has 0 bridgehead atoms. The SMILES string of the molecule is Cc1ccc(CNCCNCC(C)C)cc1Br. The van der Waals surface area contributed by atoms with Crippen LogP contribution in [-0.2, 0) is 6.54 Å². The number of hydrogen-bond acceptors (Lipinski definition) is 2. The molecule has 2 nitrogen and oxygen atoms in total. The number of hydrogen-bond donors (Lipinski definition) is 2. The monoisotopic (exact) mass is 298 g/mol. The van der Waals surface area contributed by atoms with Crippen molar-refractivity contribution in [1.29, 1.82) is 0 Å². The lowest BCUT2D eigenvalue weighted by molar-refractivity contribution is 0.535. The highest BCUT2D eigenvalue weighted by atomic mass is 79.9. The van der Waals surface area contributed by atoms with E-state index in [2.05, 4.69) is 65.5 Å². The maximum absolute atomic E-state index is 3.56. The van der Waals surface area contributed by atoms with Crippen LogP contribution in [0.15, 0.2) is 22.7 Å². The van der Waals surface area contributed by atoms with Crippen molar-refractivity contribution < 1.29 is 0 Å². The molecule has 0 fully saturated rings. The van der Waals surface area contributed by atoms with E-state index in [-0.39, 0.29) is 0 Å². The molecule has 0 aliphatic rings. The lowest BCUT2D eigenvalue weighted by Gasteiger charge is -2.09. The molecule has 0 amide bonds. The molecule has 0 aliphatic carbocycles. The summed E-state index contributed by atoms with van der Waals surface area (Å²) in [6.45, 7) is 10.6. The Balaban J connectivity index is 2.16. The molecule has 0 heterocycles. The zero-order chi connectivity index (χ0) is 12.7. The summed E-state index contributed by atoms with van der Waals surface area (Å²) in [5.74, 6) is 0.725. The Morgan fingerprint density at radius 3 is 2.53 bits per heavy atom. The highest BCUT2D eigenvalue weighted by molar-refractivity contribution is 9.10. The molecule has 1 aromatic carbocycles. The predicted octanol–water partition coefficient (Wildman–Crippen LogP) is 3.09. The number of benzene rings is 1. The van der Waals surface area contributed by atoms with Gasteiger partial charge in [-0.15, -0.1) is 0 Å². The van der Waals surface area contributed by atoms with Crippen LogP contribution in [0.1, 0.15) is 25.0 Å². The Kier molecular flexibility index (Phi) is 6.78. The van der Waals surface area contributed by atoms with Crippen molar-refractivity contribution in [2.24, 2.45) is 5.92 Å². The predicted molar refractivity (Wildman–Crippen MR) is 78.3 cm³/mol. The molecular weight excluding hydrogens is 276 g/mol. The maximum atomic E-state index is 3.56. The molecule has 96 valence electrons. The Morgan fingerprint density at radius 1 is 1.18 bits per heavy atom. The average molecular weight is 299 g/mol. The summed E-state index contributed by atoms with van der Waals surface area (Å²) in [6, 6.07) is 6.51. The summed E-state index contributed by atoms with van der Waals surface area (Å²) in [5, 5.41) is 6.86. The zero-order valence-electron chi connectivity index (χ0n) is 11.0. The third kappa shape index (κ3) is 6.20. The smallest absolute Gasteiger partial charge is 0.0207 e. The molecule has 3 heteroatoms. The van der Waals surface area contributed by atoms with E-state index in [1.165, 1.54) is 15.6 Å². The van der Waals surface area contributed by atoms with E-state index in [4.69, 9.17) is 0 Å². The van der Waals surface area contributed by atoms with Gasteiger partial charge in [-0.3, -0.25) is 0 Å². The first-order chi connectivity index (χ1) is 8.09. The largest absolute Gasteiger partial charge is 0.315 e. The molecule has 0 saturated carbocycles. The van der Waals surface area contributed by atoms with E-state index in [0.717, 1.165) is 32.1 Å². The lowest BCUT2D eigenvalue weighted by Crippen LogP contribution is -2.29. The third-order valence-electron chi connectivity index (χ3n) is 2.60. The van der Waals surface area contributed by atoms with E-state index in [9.17, 15) is 0 Å². The van der Waals surface area contributed by atoms with Crippen LogP contribution in [-0.4, -0.2) is 19.6 Å². The van der Waals surface area contributed by atoms with Crippen LogP contribution in [0.2, 0.25) is 0 Å².